The van der Waals surface area contributed by atoms with E-state index in [9.17, 15) is 9.18 Å². The Bertz CT molecular complexity index is 1240. The van der Waals surface area contributed by atoms with Gasteiger partial charge in [-0.15, -0.1) is 10.2 Å². The van der Waals surface area contributed by atoms with Crippen LogP contribution in [0.25, 0.3) is 22.7 Å². The highest BCUT2D eigenvalue weighted by Gasteiger charge is 2.16. The molecule has 1 aliphatic heterocycles. The van der Waals surface area contributed by atoms with Crippen molar-refractivity contribution in [3.8, 4) is 22.7 Å². The molecule has 0 atom stereocenters. The minimum Gasteiger partial charge on any atom is -0.441 e. The second-order valence-corrected chi connectivity index (χ2v) is 8.15. The highest BCUT2D eigenvalue weighted by atomic mass is 19.1. The first-order valence-corrected chi connectivity index (χ1v) is 11.2. The molecule has 7 nitrogen and oxygen atoms in total. The van der Waals surface area contributed by atoms with E-state index in [-0.39, 0.29) is 18.1 Å². The van der Waals surface area contributed by atoms with Gasteiger partial charge in [0.05, 0.1) is 6.20 Å². The van der Waals surface area contributed by atoms with Crippen LogP contribution in [0.15, 0.2) is 59.1 Å². The molecule has 2 aromatic heterocycles. The number of fused-ring (bicyclic) bond motifs is 1. The molecule has 3 heterocycles. The van der Waals surface area contributed by atoms with E-state index in [4.69, 9.17) is 4.42 Å². The van der Waals surface area contributed by atoms with Crippen molar-refractivity contribution in [2.45, 2.75) is 45.1 Å². The van der Waals surface area contributed by atoms with Gasteiger partial charge in [-0.3, -0.25) is 4.79 Å². The van der Waals surface area contributed by atoms with Gasteiger partial charge in [-0.2, -0.15) is 0 Å². The third-order valence-electron chi connectivity index (χ3n) is 5.78. The number of oxazole rings is 1. The zero-order valence-electron chi connectivity index (χ0n) is 18.1. The molecule has 0 aliphatic carbocycles. The van der Waals surface area contributed by atoms with Crippen LogP contribution in [0, 0.1) is 5.82 Å². The van der Waals surface area contributed by atoms with E-state index in [1.807, 2.05) is 24.3 Å². The first-order valence-electron chi connectivity index (χ1n) is 11.2. The summed E-state index contributed by atoms with van der Waals surface area (Å²) in [6.07, 6.45) is 6.68. The number of hydrogen-bond donors (Lipinski definition) is 1. The average Bonchev–Trinajstić information content (AvgIpc) is 3.40. The molecule has 5 rings (SSSR count). The third-order valence-corrected chi connectivity index (χ3v) is 5.78. The zero-order valence-corrected chi connectivity index (χ0v) is 18.1. The fourth-order valence-corrected chi connectivity index (χ4v) is 4.02. The van der Waals surface area contributed by atoms with Crippen LogP contribution in [0.3, 0.4) is 0 Å². The van der Waals surface area contributed by atoms with Crippen LogP contribution in [0.4, 0.5) is 10.1 Å². The molecule has 0 saturated heterocycles. The number of rotatable bonds is 6. The minimum atomic E-state index is -0.306. The molecule has 8 heteroatoms. The van der Waals surface area contributed by atoms with Crippen LogP contribution in [-0.2, 0) is 24.2 Å². The van der Waals surface area contributed by atoms with Crippen molar-refractivity contribution in [2.75, 3.05) is 5.32 Å². The number of nitrogens with one attached hydrogen (secondary N) is 1. The lowest BCUT2D eigenvalue weighted by molar-refractivity contribution is -0.116. The van der Waals surface area contributed by atoms with Crippen molar-refractivity contribution in [2.24, 2.45) is 0 Å². The van der Waals surface area contributed by atoms with E-state index in [0.717, 1.165) is 54.3 Å². The standard InChI is InChI=1S/C25H24FN5O2/c26-19-9-5-17(6-10-19)21-16-27-24(33-21)14-13-23(32)28-20-11-7-18(8-12-20)25-30-29-22-4-2-1-3-15-31(22)25/h5-12,16H,1-4,13-15H2,(H,28,32). The van der Waals surface area contributed by atoms with E-state index < -0.39 is 0 Å². The predicted octanol–water partition coefficient (Wildman–Crippen LogP) is 5.04. The van der Waals surface area contributed by atoms with Crippen LogP contribution < -0.4 is 5.32 Å². The maximum Gasteiger partial charge on any atom is 0.224 e. The van der Waals surface area contributed by atoms with Gasteiger partial charge in [-0.25, -0.2) is 9.37 Å². The summed E-state index contributed by atoms with van der Waals surface area (Å²) in [6.45, 7) is 0.944. The number of aryl methyl sites for hydroxylation is 2. The maximum atomic E-state index is 13.1. The van der Waals surface area contributed by atoms with Crippen LogP contribution in [0.1, 0.15) is 37.4 Å². The number of carbonyl (C=O) groups is 1. The summed E-state index contributed by atoms with van der Waals surface area (Å²) in [7, 11) is 0. The van der Waals surface area contributed by atoms with Crippen molar-refractivity contribution < 1.29 is 13.6 Å². The maximum absolute atomic E-state index is 13.1. The molecule has 0 bridgehead atoms. The van der Waals surface area contributed by atoms with Gasteiger partial charge in [0.2, 0.25) is 5.91 Å². The predicted molar refractivity (Wildman–Crippen MR) is 122 cm³/mol. The molecule has 168 valence electrons. The second kappa shape index (κ2) is 9.36. The fourth-order valence-electron chi connectivity index (χ4n) is 4.02. The Balaban J connectivity index is 1.17. The molecule has 1 N–H and O–H groups in total. The van der Waals surface area contributed by atoms with Gasteiger partial charge in [0.15, 0.2) is 17.5 Å². The van der Waals surface area contributed by atoms with Gasteiger partial charge >= 0.3 is 0 Å². The number of anilines is 1. The number of amides is 1. The number of hydrogen-bond acceptors (Lipinski definition) is 5. The van der Waals surface area contributed by atoms with Crippen molar-refractivity contribution in [1.82, 2.24) is 19.7 Å². The lowest BCUT2D eigenvalue weighted by Crippen LogP contribution is -2.12. The Hall–Kier alpha value is -3.81. The molecule has 0 spiro atoms. The van der Waals surface area contributed by atoms with Gasteiger partial charge in [-0.1, -0.05) is 6.42 Å². The SMILES string of the molecule is O=C(CCc1ncc(-c2ccc(F)cc2)o1)Nc1ccc(-c2nnc3n2CCCCC3)cc1. The third kappa shape index (κ3) is 4.84. The van der Waals surface area contributed by atoms with Crippen molar-refractivity contribution in [1.29, 1.82) is 0 Å². The normalized spacial score (nSPS) is 13.4. The average molecular weight is 445 g/mol. The number of carbonyl (C=O) groups excluding carboxylic acids is 1. The van der Waals surface area contributed by atoms with Gasteiger partial charge in [0, 0.05) is 42.6 Å². The van der Waals surface area contributed by atoms with E-state index in [2.05, 4.69) is 25.1 Å². The van der Waals surface area contributed by atoms with Crippen LogP contribution in [0.2, 0.25) is 0 Å². The Morgan fingerprint density at radius 3 is 2.61 bits per heavy atom. The number of aromatic nitrogens is 4. The summed E-state index contributed by atoms with van der Waals surface area (Å²) in [4.78, 5) is 16.6. The van der Waals surface area contributed by atoms with Gasteiger partial charge in [0.25, 0.3) is 0 Å². The molecule has 2 aromatic carbocycles. The van der Waals surface area contributed by atoms with Gasteiger partial charge < -0.3 is 14.3 Å². The Morgan fingerprint density at radius 2 is 1.79 bits per heavy atom. The van der Waals surface area contributed by atoms with Crippen molar-refractivity contribution in [3.63, 3.8) is 0 Å². The van der Waals surface area contributed by atoms with Gasteiger partial charge in [-0.05, 0) is 61.4 Å². The monoisotopic (exact) mass is 445 g/mol. The number of halogens is 1. The van der Waals surface area contributed by atoms with Gasteiger partial charge in [0.1, 0.15) is 11.6 Å². The summed E-state index contributed by atoms with van der Waals surface area (Å²) < 4.78 is 21.0. The molecule has 4 aromatic rings. The molecule has 0 saturated carbocycles. The van der Waals surface area contributed by atoms with Crippen molar-refractivity contribution >= 4 is 11.6 Å². The smallest absolute Gasteiger partial charge is 0.224 e. The molecule has 1 aliphatic rings. The van der Waals surface area contributed by atoms with Crippen LogP contribution >= 0.6 is 0 Å². The fraction of sp³-hybridized carbons (Fsp3) is 0.280. The summed E-state index contributed by atoms with van der Waals surface area (Å²) in [6, 6.07) is 13.7. The lowest BCUT2D eigenvalue weighted by Gasteiger charge is -2.08. The highest BCUT2D eigenvalue weighted by molar-refractivity contribution is 5.91. The topological polar surface area (TPSA) is 85.8 Å². The summed E-state index contributed by atoms with van der Waals surface area (Å²) in [5.74, 6) is 2.51. The van der Waals surface area contributed by atoms with E-state index in [1.54, 1.807) is 18.3 Å². The van der Waals surface area contributed by atoms with E-state index in [1.165, 1.54) is 18.6 Å². The molecule has 0 fully saturated rings. The molecular formula is C25H24FN5O2. The van der Waals surface area contributed by atoms with E-state index in [0.29, 0.717) is 18.1 Å². The number of benzene rings is 2. The Labute approximate surface area is 190 Å². The highest BCUT2D eigenvalue weighted by Crippen LogP contribution is 2.24. The molecule has 33 heavy (non-hydrogen) atoms. The largest absolute Gasteiger partial charge is 0.441 e. The summed E-state index contributed by atoms with van der Waals surface area (Å²) in [5.41, 5.74) is 2.45. The molecule has 0 radical (unpaired) electrons. The molecular weight excluding hydrogens is 421 g/mol. The minimum absolute atomic E-state index is 0.124. The Kier molecular flexibility index (Phi) is 5.97. The van der Waals surface area contributed by atoms with E-state index >= 15 is 0 Å². The van der Waals surface area contributed by atoms with Crippen molar-refractivity contribution in [3.05, 3.63) is 72.3 Å². The lowest BCUT2D eigenvalue weighted by atomic mass is 10.2. The Morgan fingerprint density at radius 1 is 1.00 bits per heavy atom. The zero-order chi connectivity index (χ0) is 22.6. The molecule has 0 unspecified atom stereocenters. The van der Waals surface area contributed by atoms with Crippen LogP contribution in [0.5, 0.6) is 0 Å². The summed E-state index contributed by atoms with van der Waals surface area (Å²) >= 11 is 0. The number of nitrogens with zero attached hydrogens (tertiary/aromatic N) is 4. The second-order valence-electron chi connectivity index (χ2n) is 8.15. The summed E-state index contributed by atoms with van der Waals surface area (Å²) in [5, 5.41) is 11.6. The quantitative estimate of drug-likeness (QED) is 0.450. The first kappa shape index (κ1) is 21.1. The first-order chi connectivity index (χ1) is 16.2. The molecule has 1 amide bonds. The van der Waals surface area contributed by atoms with Crippen LogP contribution in [-0.4, -0.2) is 25.7 Å².